The van der Waals surface area contributed by atoms with Crippen molar-refractivity contribution in [2.24, 2.45) is 0 Å². The van der Waals surface area contributed by atoms with Gasteiger partial charge in [0.05, 0.1) is 17.3 Å². The molecule has 0 bridgehead atoms. The largest absolute Gasteiger partial charge is 0.457 e. The Morgan fingerprint density at radius 1 is 1.18 bits per heavy atom. The van der Waals surface area contributed by atoms with E-state index in [2.05, 4.69) is 18.1 Å². The first-order chi connectivity index (χ1) is 10.6. The maximum Gasteiger partial charge on any atom is 0.338 e. The molecule has 1 saturated carbocycles. The molecule has 22 heavy (non-hydrogen) atoms. The minimum absolute atomic E-state index is 0.0977. The molecule has 1 aromatic carbocycles. The maximum atomic E-state index is 12.3. The number of carbonyl (C=O) groups is 1. The molecule has 0 radical (unpaired) electrons. The van der Waals surface area contributed by atoms with Gasteiger partial charge in [0.15, 0.2) is 0 Å². The highest BCUT2D eigenvalue weighted by Crippen LogP contribution is 2.32. The van der Waals surface area contributed by atoms with Crippen molar-refractivity contribution < 1.29 is 9.53 Å². The standard InChI is InChI=1S/C18H22N2O2/c1-13-12-14(2)20(19-13)16-10-6-7-11-17(16)22-18(21)15-8-4-3-5-9-15/h3-5,8-9,12,16-17H,6-7,10-11H2,1-2H3/t16-,17-/m1/s1. The molecule has 0 saturated heterocycles. The normalized spacial score (nSPS) is 21.5. The molecule has 4 nitrogen and oxygen atoms in total. The van der Waals surface area contributed by atoms with Gasteiger partial charge >= 0.3 is 5.97 Å². The number of nitrogens with zero attached hydrogens (tertiary/aromatic N) is 2. The number of aromatic nitrogens is 2. The van der Waals surface area contributed by atoms with E-state index in [4.69, 9.17) is 4.74 Å². The molecule has 2 atom stereocenters. The lowest BCUT2D eigenvalue weighted by Gasteiger charge is -2.32. The fourth-order valence-corrected chi connectivity index (χ4v) is 3.26. The number of aryl methyl sites for hydroxylation is 2. The van der Waals surface area contributed by atoms with E-state index < -0.39 is 0 Å². The van der Waals surface area contributed by atoms with Gasteiger partial charge in [-0.1, -0.05) is 24.6 Å². The number of esters is 1. The second-order valence-corrected chi connectivity index (χ2v) is 6.03. The summed E-state index contributed by atoms with van der Waals surface area (Å²) in [6.45, 7) is 4.06. The lowest BCUT2D eigenvalue weighted by atomic mass is 9.92. The Labute approximate surface area is 131 Å². The molecule has 116 valence electrons. The maximum absolute atomic E-state index is 12.3. The van der Waals surface area contributed by atoms with E-state index in [0.717, 1.165) is 37.1 Å². The predicted molar refractivity (Wildman–Crippen MR) is 84.9 cm³/mol. The van der Waals surface area contributed by atoms with Crippen LogP contribution in [0.5, 0.6) is 0 Å². The van der Waals surface area contributed by atoms with E-state index in [1.165, 1.54) is 0 Å². The first-order valence-electron chi connectivity index (χ1n) is 7.94. The molecule has 1 aliphatic carbocycles. The van der Waals surface area contributed by atoms with Crippen LogP contribution in [0.25, 0.3) is 0 Å². The van der Waals surface area contributed by atoms with Crippen molar-refractivity contribution in [3.05, 3.63) is 53.3 Å². The summed E-state index contributed by atoms with van der Waals surface area (Å²) >= 11 is 0. The Hall–Kier alpha value is -2.10. The predicted octanol–water partition coefficient (Wildman–Crippen LogP) is 3.84. The molecule has 0 spiro atoms. The van der Waals surface area contributed by atoms with Gasteiger partial charge in [-0.15, -0.1) is 0 Å². The van der Waals surface area contributed by atoms with E-state index >= 15 is 0 Å². The third-order valence-corrected chi connectivity index (χ3v) is 4.29. The SMILES string of the molecule is Cc1cc(C)n([C@@H]2CCCC[C@H]2OC(=O)c2ccccc2)n1. The number of rotatable bonds is 3. The van der Waals surface area contributed by atoms with E-state index in [1.807, 2.05) is 29.8 Å². The van der Waals surface area contributed by atoms with Gasteiger partial charge in [0, 0.05) is 5.69 Å². The van der Waals surface area contributed by atoms with Crippen LogP contribution in [0, 0.1) is 13.8 Å². The van der Waals surface area contributed by atoms with Crippen molar-refractivity contribution in [1.29, 1.82) is 0 Å². The van der Waals surface area contributed by atoms with Crippen molar-refractivity contribution >= 4 is 5.97 Å². The molecule has 4 heteroatoms. The molecule has 0 unspecified atom stereocenters. The van der Waals surface area contributed by atoms with Crippen molar-refractivity contribution in [3.63, 3.8) is 0 Å². The second kappa shape index (κ2) is 6.34. The minimum atomic E-state index is -0.237. The van der Waals surface area contributed by atoms with Crippen LogP contribution in [0.15, 0.2) is 36.4 Å². The number of carbonyl (C=O) groups excluding carboxylic acids is 1. The summed E-state index contributed by atoms with van der Waals surface area (Å²) in [6.07, 6.45) is 4.07. The Balaban J connectivity index is 1.78. The lowest BCUT2D eigenvalue weighted by Crippen LogP contribution is -2.33. The Kier molecular flexibility index (Phi) is 4.27. The smallest absolute Gasteiger partial charge is 0.338 e. The quantitative estimate of drug-likeness (QED) is 0.809. The van der Waals surface area contributed by atoms with E-state index in [9.17, 15) is 4.79 Å². The fraction of sp³-hybridized carbons (Fsp3) is 0.444. The van der Waals surface area contributed by atoms with Crippen molar-refractivity contribution in [3.8, 4) is 0 Å². The van der Waals surface area contributed by atoms with Gasteiger partial charge in [0.25, 0.3) is 0 Å². The van der Waals surface area contributed by atoms with Crippen LogP contribution in [-0.2, 0) is 4.74 Å². The Morgan fingerprint density at radius 2 is 1.91 bits per heavy atom. The summed E-state index contributed by atoms with van der Waals surface area (Å²) in [4.78, 5) is 12.3. The molecule has 3 rings (SSSR count). The molecule has 1 aromatic heterocycles. The summed E-state index contributed by atoms with van der Waals surface area (Å²) in [5.74, 6) is -0.237. The third-order valence-electron chi connectivity index (χ3n) is 4.29. The molecular formula is C18H22N2O2. The molecule has 1 aliphatic rings. The number of hydrogen-bond acceptors (Lipinski definition) is 3. The first-order valence-corrected chi connectivity index (χ1v) is 7.94. The zero-order valence-corrected chi connectivity index (χ0v) is 13.2. The van der Waals surface area contributed by atoms with Gasteiger partial charge < -0.3 is 4.74 Å². The highest BCUT2D eigenvalue weighted by Gasteiger charge is 2.31. The van der Waals surface area contributed by atoms with Crippen molar-refractivity contribution in [2.45, 2.75) is 51.7 Å². The molecule has 0 aliphatic heterocycles. The third kappa shape index (κ3) is 3.06. The van der Waals surface area contributed by atoms with Crippen LogP contribution in [0.2, 0.25) is 0 Å². The topological polar surface area (TPSA) is 44.1 Å². The van der Waals surface area contributed by atoms with Gasteiger partial charge in [-0.25, -0.2) is 4.79 Å². The zero-order chi connectivity index (χ0) is 15.5. The van der Waals surface area contributed by atoms with E-state index in [0.29, 0.717) is 5.56 Å². The van der Waals surface area contributed by atoms with Crippen molar-refractivity contribution in [1.82, 2.24) is 9.78 Å². The van der Waals surface area contributed by atoms with Gasteiger partial charge in [-0.2, -0.15) is 5.10 Å². The second-order valence-electron chi connectivity index (χ2n) is 6.03. The molecule has 1 heterocycles. The lowest BCUT2D eigenvalue weighted by molar-refractivity contribution is 0.00168. The monoisotopic (exact) mass is 298 g/mol. The van der Waals surface area contributed by atoms with Crippen LogP contribution in [0.1, 0.15) is 53.5 Å². The number of hydrogen-bond donors (Lipinski definition) is 0. The average molecular weight is 298 g/mol. The number of ether oxygens (including phenoxy) is 1. The van der Waals surface area contributed by atoms with Crippen LogP contribution < -0.4 is 0 Å². The van der Waals surface area contributed by atoms with Crippen LogP contribution >= 0.6 is 0 Å². The first kappa shape index (κ1) is 14.8. The number of benzene rings is 1. The van der Waals surface area contributed by atoms with Gasteiger partial charge in [-0.05, 0) is 51.3 Å². The van der Waals surface area contributed by atoms with Crippen molar-refractivity contribution in [2.75, 3.05) is 0 Å². The van der Waals surface area contributed by atoms with Gasteiger partial charge in [0.1, 0.15) is 6.10 Å². The van der Waals surface area contributed by atoms with Gasteiger partial charge in [0.2, 0.25) is 0 Å². The minimum Gasteiger partial charge on any atom is -0.457 e. The average Bonchev–Trinajstić information content (AvgIpc) is 2.87. The molecular weight excluding hydrogens is 276 g/mol. The highest BCUT2D eigenvalue weighted by atomic mass is 16.5. The van der Waals surface area contributed by atoms with Crippen LogP contribution in [-0.4, -0.2) is 21.9 Å². The summed E-state index contributed by atoms with van der Waals surface area (Å²) in [6, 6.07) is 11.4. The fourth-order valence-electron chi connectivity index (χ4n) is 3.26. The van der Waals surface area contributed by atoms with Crippen LogP contribution in [0.3, 0.4) is 0 Å². The zero-order valence-electron chi connectivity index (χ0n) is 13.2. The summed E-state index contributed by atoms with van der Waals surface area (Å²) in [5, 5.41) is 4.59. The Bertz CT molecular complexity index is 648. The van der Waals surface area contributed by atoms with E-state index in [-0.39, 0.29) is 18.1 Å². The molecule has 0 amide bonds. The molecule has 1 fully saturated rings. The molecule has 2 aromatic rings. The Morgan fingerprint density at radius 3 is 2.59 bits per heavy atom. The van der Waals surface area contributed by atoms with Crippen LogP contribution in [0.4, 0.5) is 0 Å². The molecule has 0 N–H and O–H groups in total. The summed E-state index contributed by atoms with van der Waals surface area (Å²) < 4.78 is 7.85. The summed E-state index contributed by atoms with van der Waals surface area (Å²) in [7, 11) is 0. The highest BCUT2D eigenvalue weighted by molar-refractivity contribution is 5.89. The van der Waals surface area contributed by atoms with Gasteiger partial charge in [-0.3, -0.25) is 4.68 Å². The summed E-state index contributed by atoms with van der Waals surface area (Å²) in [5.41, 5.74) is 2.75. The van der Waals surface area contributed by atoms with E-state index in [1.54, 1.807) is 12.1 Å².